The van der Waals surface area contributed by atoms with Crippen molar-refractivity contribution in [3.05, 3.63) is 97.2 Å². The summed E-state index contributed by atoms with van der Waals surface area (Å²) in [6.45, 7) is 11.7. The maximum Gasteiger partial charge on any atom is 0.246 e. The highest BCUT2D eigenvalue weighted by Gasteiger charge is 2.18. The molecule has 7 nitrogen and oxygen atoms in total. The summed E-state index contributed by atoms with van der Waals surface area (Å²) in [5, 5.41) is 43.9. The molecule has 4 atom stereocenters. The van der Waals surface area contributed by atoms with Crippen LogP contribution in [0.5, 0.6) is 0 Å². The number of carbonyl (C=O) groups excluding carboxylic acids is 1. The van der Waals surface area contributed by atoms with Crippen molar-refractivity contribution in [3.63, 3.8) is 0 Å². The van der Waals surface area contributed by atoms with Crippen molar-refractivity contribution in [3.8, 4) is 0 Å². The van der Waals surface area contributed by atoms with Crippen molar-refractivity contribution in [2.24, 2.45) is 0 Å². The molecule has 0 aromatic rings. The van der Waals surface area contributed by atoms with Gasteiger partial charge in [0.15, 0.2) is 0 Å². The van der Waals surface area contributed by atoms with Gasteiger partial charge in [0.2, 0.25) is 4.45 Å². The lowest BCUT2D eigenvalue weighted by Gasteiger charge is -2.27. The number of hydrogen-bond acceptors (Lipinski definition) is 9. The Balaban J connectivity index is 5.29. The Morgan fingerprint density at radius 1 is 0.379 bits per heavy atom. The van der Waals surface area contributed by atoms with Crippen LogP contribution in [0.4, 0.5) is 4.79 Å². The zero-order chi connectivity index (χ0) is 48.4. The van der Waals surface area contributed by atoms with Crippen LogP contribution in [0.2, 0.25) is 0 Å². The molecule has 0 bridgehead atoms. The van der Waals surface area contributed by atoms with Gasteiger partial charge in [0.05, 0.1) is 24.4 Å². The molecule has 4 N–H and O–H groups in total. The lowest BCUT2D eigenvalue weighted by molar-refractivity contribution is 0.0747. The van der Waals surface area contributed by atoms with Crippen molar-refractivity contribution < 1.29 is 25.2 Å². The topological polar surface area (TPSA) is 104 Å². The number of aliphatic hydroxyl groups excluding tert-OH is 4. The van der Waals surface area contributed by atoms with Crippen LogP contribution in [0.1, 0.15) is 182 Å². The van der Waals surface area contributed by atoms with Gasteiger partial charge in [0.1, 0.15) is 0 Å². The Hall–Kier alpha value is -1.95. The van der Waals surface area contributed by atoms with Gasteiger partial charge in [-0.05, 0) is 103 Å². The van der Waals surface area contributed by atoms with Gasteiger partial charge >= 0.3 is 0 Å². The first-order chi connectivity index (χ1) is 32.2. The number of allylic oxidation sites excluding steroid dienone is 12. The summed E-state index contributed by atoms with van der Waals surface area (Å²) in [4.78, 5) is 17.3. The van der Waals surface area contributed by atoms with E-state index in [0.717, 1.165) is 51.4 Å². The summed E-state index contributed by atoms with van der Waals surface area (Å²) in [5.41, 5.74) is 0. The molecular formula is C57H100N2O5S2. The maximum absolute atomic E-state index is 13.1. The van der Waals surface area contributed by atoms with E-state index in [-0.39, 0.29) is 4.45 Å². The molecule has 9 heteroatoms. The quantitative estimate of drug-likeness (QED) is 0.0351. The van der Waals surface area contributed by atoms with Gasteiger partial charge in [-0.2, -0.15) is 0 Å². The summed E-state index contributed by atoms with van der Waals surface area (Å²) < 4.78 is 0.0322. The lowest BCUT2D eigenvalue weighted by Crippen LogP contribution is -2.39. The van der Waals surface area contributed by atoms with Crippen molar-refractivity contribution in [2.45, 2.75) is 206 Å². The monoisotopic (exact) mass is 957 g/mol. The normalized spacial score (nSPS) is 14.8. The van der Waals surface area contributed by atoms with Crippen LogP contribution < -0.4 is 0 Å². The lowest BCUT2D eigenvalue weighted by atomic mass is 10.1. The highest BCUT2D eigenvalue weighted by atomic mass is 32.2. The number of rotatable bonds is 46. The number of thioether (sulfide) groups is 2. The Kier molecular flexibility index (Phi) is 49.4. The Bertz CT molecular complexity index is 1130. The Morgan fingerprint density at radius 3 is 0.864 bits per heavy atom. The molecule has 0 aliphatic rings. The van der Waals surface area contributed by atoms with Gasteiger partial charge in [-0.1, -0.05) is 200 Å². The Labute approximate surface area is 415 Å². The molecule has 0 aromatic carbocycles. The largest absolute Gasteiger partial charge is 0.391 e. The molecule has 0 aromatic heterocycles. The van der Waals surface area contributed by atoms with Crippen LogP contribution in [0.3, 0.4) is 0 Å². The summed E-state index contributed by atoms with van der Waals surface area (Å²) in [6.07, 6.45) is 57.0. The summed E-state index contributed by atoms with van der Waals surface area (Å²) in [6, 6.07) is 0. The minimum absolute atomic E-state index is 0.0322. The summed E-state index contributed by atoms with van der Waals surface area (Å²) in [5.74, 6) is 1.12. The minimum atomic E-state index is -0.567. The van der Waals surface area contributed by atoms with Gasteiger partial charge < -0.3 is 20.4 Å². The number of nitrogens with zero attached hydrogens (tertiary/aromatic N) is 2. The van der Waals surface area contributed by atoms with E-state index >= 15 is 0 Å². The molecular weight excluding hydrogens is 857 g/mol. The van der Waals surface area contributed by atoms with E-state index in [2.05, 4.69) is 110 Å². The number of unbranched alkanes of at least 4 members (excludes halogenated alkanes) is 12. The molecule has 0 radical (unpaired) electrons. The standard InChI is InChI=1S/C57H100N2O5S2/c1-5-9-13-17-21-25-29-33-37-41-53(60)49-58(50-54(61)42-38-34-30-26-22-18-14-10-6-2)45-47-65-57(64)66-48-46-59(51-55(62)43-39-35-31-27-23-19-15-11-7-3)52-56(63)44-40-36-32-28-24-20-16-12-8-4/h21-28,33-40,53-56,60-63H,5-20,29-32,41-52H2,1-4H3/b25-21-,26-22-,27-23-,28-24-,37-33-,38-34-,39-35-,40-36-. The average Bonchev–Trinajstić information content (AvgIpc) is 3.29. The molecule has 0 spiro atoms. The van der Waals surface area contributed by atoms with E-state index in [4.69, 9.17) is 0 Å². The fourth-order valence-electron chi connectivity index (χ4n) is 7.18. The molecule has 4 unspecified atom stereocenters. The number of aliphatic hydroxyl groups is 4. The van der Waals surface area contributed by atoms with Gasteiger partial charge in [-0.3, -0.25) is 14.6 Å². The van der Waals surface area contributed by atoms with E-state index in [0.29, 0.717) is 76.5 Å². The van der Waals surface area contributed by atoms with Crippen LogP contribution in [-0.4, -0.2) is 110 Å². The molecule has 0 saturated heterocycles. The van der Waals surface area contributed by atoms with Crippen LogP contribution in [0.25, 0.3) is 0 Å². The molecule has 0 heterocycles. The highest BCUT2D eigenvalue weighted by molar-refractivity contribution is 8.38. The molecule has 0 amide bonds. The third kappa shape index (κ3) is 47.1. The molecule has 380 valence electrons. The average molecular weight is 958 g/mol. The first-order valence-corrected chi connectivity index (χ1v) is 28.4. The molecule has 0 rings (SSSR count). The molecule has 0 saturated carbocycles. The van der Waals surface area contributed by atoms with Crippen molar-refractivity contribution in [2.75, 3.05) is 50.8 Å². The zero-order valence-electron chi connectivity index (χ0n) is 42.6. The third-order valence-corrected chi connectivity index (χ3v) is 13.0. The molecule has 66 heavy (non-hydrogen) atoms. The predicted octanol–water partition coefficient (Wildman–Crippen LogP) is 14.5. The molecule has 0 aliphatic heterocycles. The van der Waals surface area contributed by atoms with Gasteiger partial charge in [-0.25, -0.2) is 0 Å². The highest BCUT2D eigenvalue weighted by Crippen LogP contribution is 2.18. The minimum Gasteiger partial charge on any atom is -0.391 e. The van der Waals surface area contributed by atoms with Crippen LogP contribution >= 0.6 is 23.5 Å². The van der Waals surface area contributed by atoms with Gasteiger partial charge in [-0.15, -0.1) is 0 Å². The van der Waals surface area contributed by atoms with Gasteiger partial charge in [0.25, 0.3) is 0 Å². The first kappa shape index (κ1) is 64.0. The second-order valence-corrected chi connectivity index (χ2v) is 20.1. The van der Waals surface area contributed by atoms with E-state index < -0.39 is 24.4 Å². The second kappa shape index (κ2) is 50.9. The van der Waals surface area contributed by atoms with E-state index in [9.17, 15) is 25.2 Å². The number of carbonyl (C=O) groups is 1. The third-order valence-electron chi connectivity index (χ3n) is 11.1. The smallest absolute Gasteiger partial charge is 0.246 e. The van der Waals surface area contributed by atoms with Crippen molar-refractivity contribution in [1.82, 2.24) is 9.80 Å². The Morgan fingerprint density at radius 2 is 0.621 bits per heavy atom. The first-order valence-electron chi connectivity index (χ1n) is 26.4. The van der Waals surface area contributed by atoms with E-state index in [1.807, 2.05) is 24.3 Å². The predicted molar refractivity (Wildman–Crippen MR) is 294 cm³/mol. The van der Waals surface area contributed by atoms with Crippen LogP contribution in [0.15, 0.2) is 97.2 Å². The molecule has 0 aliphatic carbocycles. The summed E-state index contributed by atoms with van der Waals surface area (Å²) >= 11 is 2.56. The van der Waals surface area contributed by atoms with Crippen molar-refractivity contribution >= 4 is 28.0 Å². The SMILES string of the molecule is CCCCC/C=C\C/C=C\CC(O)CN(CCSC(=O)SCCN(CC(O)C/C=C\C/C=C\CCCCC)CC(O)C/C=C\C/C=C\CCCCC)CC(O)C/C=C\C/C=C\CCCCC. The fraction of sp³-hybridized carbons (Fsp3) is 0.702. The zero-order valence-corrected chi connectivity index (χ0v) is 44.2. The fourth-order valence-corrected chi connectivity index (χ4v) is 9.05. The van der Waals surface area contributed by atoms with Gasteiger partial charge in [0, 0.05) is 50.8 Å². The second-order valence-electron chi connectivity index (χ2n) is 17.7. The number of hydrogen-bond donors (Lipinski definition) is 4. The van der Waals surface area contributed by atoms with Crippen LogP contribution in [-0.2, 0) is 0 Å². The maximum atomic E-state index is 13.1. The van der Waals surface area contributed by atoms with E-state index in [1.165, 1.54) is 101 Å². The van der Waals surface area contributed by atoms with Crippen molar-refractivity contribution in [1.29, 1.82) is 0 Å². The van der Waals surface area contributed by atoms with Crippen LogP contribution in [0, 0.1) is 0 Å². The summed E-state index contributed by atoms with van der Waals surface area (Å²) in [7, 11) is 0. The molecule has 0 fully saturated rings. The van der Waals surface area contributed by atoms with E-state index in [1.54, 1.807) is 0 Å².